The SMILES string of the molecule is O=C(c1cc(Cl)ccc1Cl)N1CC[C@H](c2ccccc2)S(=O)(=O)CC1. The first-order valence-corrected chi connectivity index (χ1v) is 10.4. The van der Waals surface area contributed by atoms with Crippen LogP contribution in [0.4, 0.5) is 0 Å². The highest BCUT2D eigenvalue weighted by Gasteiger charge is 2.33. The second-order valence-corrected chi connectivity index (χ2v) is 9.12. The standard InChI is InChI=1S/C18H17Cl2NO3S/c19-14-6-7-16(20)15(12-14)18(22)21-9-8-17(25(23,24)11-10-21)13-4-2-1-3-5-13/h1-7,12,17H,8-11H2/t17-/m1/s1. The zero-order chi connectivity index (χ0) is 18.0. The highest BCUT2D eigenvalue weighted by Crippen LogP contribution is 2.30. The van der Waals surface area contributed by atoms with Crippen molar-refractivity contribution in [2.45, 2.75) is 11.7 Å². The molecule has 1 saturated heterocycles. The van der Waals surface area contributed by atoms with Crippen molar-refractivity contribution in [3.63, 3.8) is 0 Å². The first kappa shape index (κ1) is 18.2. The van der Waals surface area contributed by atoms with E-state index in [1.54, 1.807) is 12.1 Å². The zero-order valence-corrected chi connectivity index (χ0v) is 15.7. The molecule has 132 valence electrons. The molecular weight excluding hydrogens is 381 g/mol. The minimum atomic E-state index is -3.33. The molecule has 0 radical (unpaired) electrons. The lowest BCUT2D eigenvalue weighted by Crippen LogP contribution is -2.33. The van der Waals surface area contributed by atoms with Gasteiger partial charge in [-0.25, -0.2) is 8.42 Å². The number of carbonyl (C=O) groups excluding carboxylic acids is 1. The molecule has 2 aromatic rings. The third-order valence-corrected chi connectivity index (χ3v) is 7.05. The maximum atomic E-state index is 12.8. The van der Waals surface area contributed by atoms with Crippen LogP contribution in [0, 0.1) is 0 Å². The van der Waals surface area contributed by atoms with Gasteiger partial charge < -0.3 is 4.90 Å². The second-order valence-electron chi connectivity index (χ2n) is 5.97. The third-order valence-electron chi connectivity index (χ3n) is 4.36. The molecule has 3 rings (SSSR count). The second kappa shape index (κ2) is 7.36. The summed E-state index contributed by atoms with van der Waals surface area (Å²) in [6.07, 6.45) is 0.357. The van der Waals surface area contributed by atoms with E-state index in [0.717, 1.165) is 5.56 Å². The summed E-state index contributed by atoms with van der Waals surface area (Å²) in [4.78, 5) is 14.3. The highest BCUT2D eigenvalue weighted by atomic mass is 35.5. The van der Waals surface area contributed by atoms with E-state index in [1.807, 2.05) is 30.3 Å². The highest BCUT2D eigenvalue weighted by molar-refractivity contribution is 7.91. The molecule has 1 aliphatic heterocycles. The molecule has 0 bridgehead atoms. The van der Waals surface area contributed by atoms with Crippen LogP contribution in [-0.2, 0) is 9.84 Å². The van der Waals surface area contributed by atoms with Gasteiger partial charge in [-0.2, -0.15) is 0 Å². The molecule has 1 aliphatic rings. The van der Waals surface area contributed by atoms with Gasteiger partial charge in [-0.15, -0.1) is 0 Å². The van der Waals surface area contributed by atoms with E-state index in [4.69, 9.17) is 23.2 Å². The van der Waals surface area contributed by atoms with Gasteiger partial charge in [-0.1, -0.05) is 53.5 Å². The lowest BCUT2D eigenvalue weighted by Gasteiger charge is -2.20. The van der Waals surface area contributed by atoms with Gasteiger partial charge in [0.1, 0.15) is 0 Å². The van der Waals surface area contributed by atoms with Crippen molar-refractivity contribution >= 4 is 38.9 Å². The smallest absolute Gasteiger partial charge is 0.255 e. The fraction of sp³-hybridized carbons (Fsp3) is 0.278. The number of sulfone groups is 1. The predicted octanol–water partition coefficient (Wildman–Crippen LogP) is 4.00. The fourth-order valence-corrected chi connectivity index (χ4v) is 5.19. The number of hydrogen-bond acceptors (Lipinski definition) is 3. The van der Waals surface area contributed by atoms with Crippen LogP contribution in [0.25, 0.3) is 0 Å². The van der Waals surface area contributed by atoms with Crippen molar-refractivity contribution in [1.29, 1.82) is 0 Å². The first-order chi connectivity index (χ1) is 11.9. The van der Waals surface area contributed by atoms with Gasteiger partial charge >= 0.3 is 0 Å². The number of amides is 1. The van der Waals surface area contributed by atoms with E-state index in [1.165, 1.54) is 11.0 Å². The average molecular weight is 398 g/mol. The Morgan fingerprint density at radius 2 is 1.76 bits per heavy atom. The minimum Gasteiger partial charge on any atom is -0.338 e. The summed E-state index contributed by atoms with van der Waals surface area (Å²) in [6.45, 7) is 0.494. The Balaban J connectivity index is 1.85. The summed E-state index contributed by atoms with van der Waals surface area (Å²) in [5.74, 6) is -0.368. The summed E-state index contributed by atoms with van der Waals surface area (Å²) in [5, 5.41) is 0.125. The first-order valence-electron chi connectivity index (χ1n) is 7.89. The van der Waals surface area contributed by atoms with E-state index < -0.39 is 15.1 Å². The lowest BCUT2D eigenvalue weighted by atomic mass is 10.1. The molecule has 1 heterocycles. The molecule has 1 amide bonds. The van der Waals surface area contributed by atoms with Crippen molar-refractivity contribution in [2.24, 2.45) is 0 Å². The average Bonchev–Trinajstić information content (AvgIpc) is 2.75. The van der Waals surface area contributed by atoms with E-state index in [0.29, 0.717) is 28.6 Å². The Kier molecular flexibility index (Phi) is 5.37. The summed E-state index contributed by atoms with van der Waals surface area (Å²) in [5.41, 5.74) is 1.06. The van der Waals surface area contributed by atoms with Crippen LogP contribution in [0.15, 0.2) is 48.5 Å². The summed E-state index contributed by atoms with van der Waals surface area (Å²) < 4.78 is 25.3. The van der Waals surface area contributed by atoms with E-state index in [2.05, 4.69) is 0 Å². The Bertz CT molecular complexity index is 884. The monoisotopic (exact) mass is 397 g/mol. The number of rotatable bonds is 2. The molecule has 0 aliphatic carbocycles. The van der Waals surface area contributed by atoms with Gasteiger partial charge in [0.2, 0.25) is 0 Å². The molecule has 0 saturated carbocycles. The van der Waals surface area contributed by atoms with Gasteiger partial charge in [0.25, 0.3) is 5.91 Å². The van der Waals surface area contributed by atoms with Crippen molar-refractivity contribution in [3.8, 4) is 0 Å². The number of hydrogen-bond donors (Lipinski definition) is 0. The number of benzene rings is 2. The van der Waals surface area contributed by atoms with Crippen LogP contribution in [0.2, 0.25) is 10.0 Å². The Morgan fingerprint density at radius 3 is 2.48 bits per heavy atom. The fourth-order valence-electron chi connectivity index (χ4n) is 3.02. The molecule has 4 nitrogen and oxygen atoms in total. The molecule has 0 unspecified atom stereocenters. The molecule has 25 heavy (non-hydrogen) atoms. The van der Waals surface area contributed by atoms with Crippen LogP contribution in [0.5, 0.6) is 0 Å². The van der Waals surface area contributed by atoms with Crippen LogP contribution in [0.3, 0.4) is 0 Å². The predicted molar refractivity (Wildman–Crippen MR) is 100.0 cm³/mol. The molecule has 0 N–H and O–H groups in total. The van der Waals surface area contributed by atoms with Gasteiger partial charge in [0.15, 0.2) is 9.84 Å². The van der Waals surface area contributed by atoms with Crippen LogP contribution in [0.1, 0.15) is 27.6 Å². The number of halogens is 2. The molecule has 0 spiro atoms. The Labute approximate surface area is 157 Å². The van der Waals surface area contributed by atoms with Crippen molar-refractivity contribution in [2.75, 3.05) is 18.8 Å². The van der Waals surface area contributed by atoms with Crippen molar-refractivity contribution in [3.05, 3.63) is 69.7 Å². The Hall–Kier alpha value is -1.56. The molecular formula is C18H17Cl2NO3S. The maximum Gasteiger partial charge on any atom is 0.255 e. The van der Waals surface area contributed by atoms with E-state index >= 15 is 0 Å². The topological polar surface area (TPSA) is 54.5 Å². The van der Waals surface area contributed by atoms with Gasteiger partial charge in [0.05, 0.1) is 21.6 Å². The number of nitrogens with zero attached hydrogens (tertiary/aromatic N) is 1. The quantitative estimate of drug-likeness (QED) is 0.769. The summed E-state index contributed by atoms with van der Waals surface area (Å²) in [7, 11) is -3.33. The summed E-state index contributed by atoms with van der Waals surface area (Å²) >= 11 is 12.1. The van der Waals surface area contributed by atoms with Crippen LogP contribution in [-0.4, -0.2) is 38.1 Å². The molecule has 0 aromatic heterocycles. The largest absolute Gasteiger partial charge is 0.338 e. The molecule has 1 atom stereocenters. The third kappa shape index (κ3) is 4.00. The molecule has 2 aromatic carbocycles. The normalized spacial score (nSPS) is 20.1. The van der Waals surface area contributed by atoms with Crippen LogP contribution >= 0.6 is 23.2 Å². The van der Waals surface area contributed by atoms with Gasteiger partial charge in [-0.05, 0) is 30.2 Å². The van der Waals surface area contributed by atoms with Gasteiger partial charge in [-0.3, -0.25) is 4.79 Å². The lowest BCUT2D eigenvalue weighted by molar-refractivity contribution is 0.0767. The van der Waals surface area contributed by atoms with E-state index in [9.17, 15) is 13.2 Å². The maximum absolute atomic E-state index is 12.8. The van der Waals surface area contributed by atoms with Crippen molar-refractivity contribution in [1.82, 2.24) is 4.90 Å². The van der Waals surface area contributed by atoms with Crippen molar-refractivity contribution < 1.29 is 13.2 Å². The Morgan fingerprint density at radius 1 is 1.04 bits per heavy atom. The van der Waals surface area contributed by atoms with Crippen LogP contribution < -0.4 is 0 Å². The molecule has 1 fully saturated rings. The molecule has 7 heteroatoms. The summed E-state index contributed by atoms with van der Waals surface area (Å²) in [6, 6.07) is 13.8. The minimum absolute atomic E-state index is 0.0729. The van der Waals surface area contributed by atoms with Gasteiger partial charge in [0, 0.05) is 18.1 Å². The van der Waals surface area contributed by atoms with E-state index in [-0.39, 0.29) is 18.2 Å². The zero-order valence-electron chi connectivity index (χ0n) is 13.4. The number of carbonyl (C=O) groups is 1.